The van der Waals surface area contributed by atoms with Crippen LogP contribution in [0.1, 0.15) is 75.2 Å². The Morgan fingerprint density at radius 2 is 1.15 bits per heavy atom. The van der Waals surface area contributed by atoms with Gasteiger partial charge in [-0.05, 0) is 50.9 Å². The summed E-state index contributed by atoms with van der Waals surface area (Å²) in [5, 5.41) is 0. The first-order valence-electron chi connectivity index (χ1n) is 16.1. The van der Waals surface area contributed by atoms with Gasteiger partial charge in [0.15, 0.2) is 0 Å². The molecular weight excluding hydrogens is 752 g/mol. The molecule has 0 radical (unpaired) electrons. The SMILES string of the molecule is [CH2-][n+]1c(-c2[c-]ccc(C(C)(C)C)c2)cccc1C1(c2cccc(-c3[c-]ccc(C(C)(C)C)c3)n2)c2ccccc2-c2ccccc21.[Pt]. The third kappa shape index (κ3) is 5.47. The molecule has 0 atom stereocenters. The standard InChI is InChI=1S/C44H40N2.Pt/c1-42(2,3)32-18-12-16-30(28-32)38-24-14-26-40(45-38)44(36-22-10-8-20-34(36)35-21-9-11-23-37(35)44)41-27-15-25-39(46(41)7)31-17-13-19-33(29-31)43(4,5)6;/h8-15,18-29H,7H2,1-6H3;/q-2;. The molecule has 238 valence electrons. The van der Waals surface area contributed by atoms with Gasteiger partial charge in [-0.2, -0.15) is 0 Å². The molecule has 0 saturated carbocycles. The van der Waals surface area contributed by atoms with E-state index in [1.165, 1.54) is 33.4 Å². The van der Waals surface area contributed by atoms with Gasteiger partial charge < -0.3 is 9.55 Å². The average Bonchev–Trinajstić information content (AvgIpc) is 3.35. The van der Waals surface area contributed by atoms with Gasteiger partial charge in [-0.15, -0.1) is 65.2 Å². The zero-order chi connectivity index (χ0) is 32.3. The Bertz CT molecular complexity index is 2050. The third-order valence-electron chi connectivity index (χ3n) is 9.45. The van der Waals surface area contributed by atoms with Crippen LogP contribution in [0.5, 0.6) is 0 Å². The van der Waals surface area contributed by atoms with Crippen molar-refractivity contribution in [1.29, 1.82) is 0 Å². The van der Waals surface area contributed by atoms with E-state index in [9.17, 15) is 0 Å². The fraction of sp³-hybridized carbons (Fsp3) is 0.205. The van der Waals surface area contributed by atoms with Crippen molar-refractivity contribution < 1.29 is 25.6 Å². The molecule has 1 aliphatic rings. The molecule has 2 heterocycles. The predicted octanol–water partition coefficient (Wildman–Crippen LogP) is 9.90. The molecule has 0 bridgehead atoms. The first-order chi connectivity index (χ1) is 22.0. The van der Waals surface area contributed by atoms with Gasteiger partial charge in [0.2, 0.25) is 0 Å². The van der Waals surface area contributed by atoms with Crippen molar-refractivity contribution in [1.82, 2.24) is 4.98 Å². The van der Waals surface area contributed by atoms with E-state index in [-0.39, 0.29) is 31.9 Å². The second-order valence-corrected chi connectivity index (χ2v) is 14.5. The van der Waals surface area contributed by atoms with E-state index in [2.05, 4.69) is 167 Å². The zero-order valence-electron chi connectivity index (χ0n) is 28.0. The average molecular weight is 792 g/mol. The molecule has 3 heteroatoms. The largest absolute Gasteiger partial charge is 0.317 e. The molecule has 0 unspecified atom stereocenters. The van der Waals surface area contributed by atoms with E-state index < -0.39 is 5.41 Å². The number of nitrogens with zero attached hydrogens (tertiary/aromatic N) is 2. The molecule has 0 aliphatic heterocycles. The molecule has 0 fully saturated rings. The predicted molar refractivity (Wildman–Crippen MR) is 188 cm³/mol. The molecule has 6 aromatic rings. The molecule has 4 aromatic carbocycles. The van der Waals surface area contributed by atoms with Crippen molar-refractivity contribution in [2.75, 3.05) is 0 Å². The number of hydrogen-bond acceptors (Lipinski definition) is 1. The number of fused-ring (bicyclic) bond motifs is 3. The molecule has 7 rings (SSSR count). The quantitative estimate of drug-likeness (QED) is 0.128. The van der Waals surface area contributed by atoms with Gasteiger partial charge in [0.25, 0.3) is 0 Å². The minimum atomic E-state index is -0.704. The Labute approximate surface area is 294 Å². The third-order valence-corrected chi connectivity index (χ3v) is 9.45. The van der Waals surface area contributed by atoms with Crippen LogP contribution in [0.3, 0.4) is 0 Å². The Hall–Kier alpha value is -4.26. The van der Waals surface area contributed by atoms with E-state index >= 15 is 0 Å². The summed E-state index contributed by atoms with van der Waals surface area (Å²) in [6, 6.07) is 50.3. The van der Waals surface area contributed by atoms with Gasteiger partial charge in [0.1, 0.15) is 16.8 Å². The van der Waals surface area contributed by atoms with Crippen LogP contribution in [0.4, 0.5) is 0 Å². The normalized spacial score (nSPS) is 13.4. The van der Waals surface area contributed by atoms with Crippen LogP contribution in [0.15, 0.2) is 121 Å². The Morgan fingerprint density at radius 1 is 0.617 bits per heavy atom. The van der Waals surface area contributed by atoms with Crippen LogP contribution in [0, 0.1) is 19.2 Å². The van der Waals surface area contributed by atoms with Crippen LogP contribution in [0.2, 0.25) is 0 Å². The van der Waals surface area contributed by atoms with Crippen LogP contribution in [0.25, 0.3) is 33.6 Å². The molecule has 1 aliphatic carbocycles. The van der Waals surface area contributed by atoms with Crippen molar-refractivity contribution in [3.8, 4) is 33.6 Å². The second-order valence-electron chi connectivity index (χ2n) is 14.5. The van der Waals surface area contributed by atoms with Gasteiger partial charge >= 0.3 is 0 Å². The molecule has 2 aromatic heterocycles. The van der Waals surface area contributed by atoms with Crippen molar-refractivity contribution in [3.05, 3.63) is 174 Å². The number of aromatic nitrogens is 2. The van der Waals surface area contributed by atoms with Crippen LogP contribution in [-0.2, 0) is 37.3 Å². The topological polar surface area (TPSA) is 16.8 Å². The summed E-state index contributed by atoms with van der Waals surface area (Å²) in [7, 11) is 4.73. The maximum atomic E-state index is 5.50. The molecule has 0 spiro atoms. The molecule has 0 amide bonds. The number of hydrogen-bond donors (Lipinski definition) is 0. The zero-order valence-corrected chi connectivity index (χ0v) is 30.2. The number of benzene rings is 4. The van der Waals surface area contributed by atoms with Gasteiger partial charge in [-0.3, -0.25) is 0 Å². The first kappa shape index (κ1) is 32.7. The maximum Gasteiger partial charge on any atom is 0.115 e. The van der Waals surface area contributed by atoms with Crippen molar-refractivity contribution >= 4 is 0 Å². The van der Waals surface area contributed by atoms with E-state index in [4.69, 9.17) is 12.0 Å². The summed E-state index contributed by atoms with van der Waals surface area (Å²) < 4.78 is 2.11. The molecule has 2 nitrogen and oxygen atoms in total. The van der Waals surface area contributed by atoms with Gasteiger partial charge in [-0.1, -0.05) is 120 Å². The monoisotopic (exact) mass is 791 g/mol. The van der Waals surface area contributed by atoms with Gasteiger partial charge in [-0.25, -0.2) is 0 Å². The van der Waals surface area contributed by atoms with E-state index in [0.29, 0.717) is 0 Å². The molecule has 47 heavy (non-hydrogen) atoms. The molecule has 0 N–H and O–H groups in total. The number of pyridine rings is 2. The number of rotatable bonds is 4. The van der Waals surface area contributed by atoms with Gasteiger partial charge in [0.05, 0.1) is 0 Å². The first-order valence-corrected chi connectivity index (χ1v) is 16.1. The fourth-order valence-corrected chi connectivity index (χ4v) is 6.98. The minimum absolute atomic E-state index is 0. The van der Waals surface area contributed by atoms with Crippen LogP contribution in [-0.4, -0.2) is 4.98 Å². The van der Waals surface area contributed by atoms with E-state index in [0.717, 1.165) is 33.9 Å². The van der Waals surface area contributed by atoms with Crippen molar-refractivity contribution in [2.45, 2.75) is 57.8 Å². The van der Waals surface area contributed by atoms with Crippen LogP contribution < -0.4 is 4.57 Å². The fourth-order valence-electron chi connectivity index (χ4n) is 6.98. The van der Waals surface area contributed by atoms with Crippen molar-refractivity contribution in [3.63, 3.8) is 0 Å². The molecular formula is C44H40N2Pt-2. The maximum absolute atomic E-state index is 5.50. The summed E-state index contributed by atoms with van der Waals surface area (Å²) in [6.07, 6.45) is 0. The summed E-state index contributed by atoms with van der Waals surface area (Å²) in [5.41, 5.74) is 12.6. The second kappa shape index (κ2) is 12.1. The molecule has 0 saturated heterocycles. The van der Waals surface area contributed by atoms with Crippen LogP contribution >= 0.6 is 0 Å². The Morgan fingerprint density at radius 3 is 1.74 bits per heavy atom. The Balaban J connectivity index is 0.00000386. The van der Waals surface area contributed by atoms with Crippen molar-refractivity contribution in [2.24, 2.45) is 0 Å². The smallest absolute Gasteiger partial charge is 0.115 e. The minimum Gasteiger partial charge on any atom is -0.317 e. The van der Waals surface area contributed by atoms with Gasteiger partial charge in [0, 0.05) is 33.8 Å². The van der Waals surface area contributed by atoms with E-state index in [1.807, 2.05) is 12.1 Å². The summed E-state index contributed by atoms with van der Waals surface area (Å²) in [6.45, 7) is 13.5. The summed E-state index contributed by atoms with van der Waals surface area (Å²) in [4.78, 5) is 5.50. The van der Waals surface area contributed by atoms with E-state index in [1.54, 1.807) is 0 Å². The summed E-state index contributed by atoms with van der Waals surface area (Å²) in [5.74, 6) is 0. The summed E-state index contributed by atoms with van der Waals surface area (Å²) >= 11 is 0. The Kier molecular flexibility index (Phi) is 8.39.